The summed E-state index contributed by atoms with van der Waals surface area (Å²) in [5.74, 6) is 0. The molecule has 0 saturated carbocycles. The largest absolute Gasteiger partial charge is 0.256 e. The summed E-state index contributed by atoms with van der Waals surface area (Å²) in [6.45, 7) is 0. The van der Waals surface area contributed by atoms with Gasteiger partial charge in [-0.3, -0.25) is 4.98 Å². The molecule has 0 aliphatic heterocycles. The van der Waals surface area contributed by atoms with Crippen molar-refractivity contribution in [3.05, 3.63) is 342 Å². The summed E-state index contributed by atoms with van der Waals surface area (Å²) in [5, 5.41) is 0. The van der Waals surface area contributed by atoms with Crippen LogP contribution in [0.1, 0.15) is 44.5 Å². The highest BCUT2D eigenvalue weighted by molar-refractivity contribution is 5.99. The number of hydrogen-bond acceptors (Lipinski definition) is 3. The van der Waals surface area contributed by atoms with Gasteiger partial charge in [0.1, 0.15) is 0 Å². The molecule has 3 nitrogen and oxygen atoms in total. The second-order valence-electron chi connectivity index (χ2n) is 20.5. The Bertz CT molecular complexity index is 4310. The zero-order valence-electron chi connectivity index (χ0n) is 42.6. The Morgan fingerprint density at radius 1 is 0.231 bits per heavy atom. The van der Waals surface area contributed by atoms with E-state index in [1.54, 1.807) is 0 Å². The summed E-state index contributed by atoms with van der Waals surface area (Å²) in [6.07, 6.45) is 1.84. The van der Waals surface area contributed by atoms with Gasteiger partial charge in [0.05, 0.1) is 38.9 Å². The molecule has 78 heavy (non-hydrogen) atoms. The summed E-state index contributed by atoms with van der Waals surface area (Å²) >= 11 is 0. The minimum atomic E-state index is -0.579. The maximum atomic E-state index is 5.68. The van der Waals surface area contributed by atoms with Crippen LogP contribution in [0.3, 0.4) is 0 Å². The molecule has 0 N–H and O–H groups in total. The molecule has 0 amide bonds. The molecule has 364 valence electrons. The fourth-order valence-electron chi connectivity index (χ4n) is 13.1. The first-order chi connectivity index (χ1) is 38.7. The Kier molecular flexibility index (Phi) is 10.7. The van der Waals surface area contributed by atoms with E-state index >= 15 is 0 Å². The number of benzene rings is 11. The zero-order chi connectivity index (χ0) is 51.6. The number of rotatable bonds is 9. The van der Waals surface area contributed by atoms with Crippen LogP contribution in [0.25, 0.3) is 89.3 Å². The average Bonchev–Trinajstić information content (AvgIpc) is 4.21. The monoisotopic (exact) mass is 991 g/mol. The van der Waals surface area contributed by atoms with Crippen LogP contribution in [0.15, 0.2) is 297 Å². The van der Waals surface area contributed by atoms with Gasteiger partial charge in [-0.25, -0.2) is 9.97 Å². The third-order valence-corrected chi connectivity index (χ3v) is 16.5. The van der Waals surface area contributed by atoms with E-state index in [0.29, 0.717) is 0 Å². The molecule has 0 saturated heterocycles. The lowest BCUT2D eigenvalue weighted by Gasteiger charge is -2.34. The second-order valence-corrected chi connectivity index (χ2v) is 20.5. The lowest BCUT2D eigenvalue weighted by molar-refractivity contribution is 0.768. The smallest absolute Gasteiger partial charge is 0.0973 e. The van der Waals surface area contributed by atoms with E-state index in [1.807, 2.05) is 24.4 Å². The number of pyridine rings is 1. The molecule has 0 radical (unpaired) electrons. The summed E-state index contributed by atoms with van der Waals surface area (Å²) in [7, 11) is 0. The molecule has 0 unspecified atom stereocenters. The zero-order valence-corrected chi connectivity index (χ0v) is 42.6. The SMILES string of the molecule is c1ccc(-c2nc3cc(-c4ccc5c(c4)C(c4ccccc4)(c4ccccc4)c4ccccc4-5)c(-c4ccc5c(c4)C(c4ccccc4)(c4ccccc4)c4ccccc4-5)cc3nc2-c2ccc(-c3ccccn3)cc2)cc1. The third kappa shape index (κ3) is 6.95. The van der Waals surface area contributed by atoms with E-state index in [9.17, 15) is 0 Å². The molecule has 15 rings (SSSR count). The minimum Gasteiger partial charge on any atom is -0.256 e. The molecule has 0 spiro atoms. The van der Waals surface area contributed by atoms with Crippen LogP contribution in [0.5, 0.6) is 0 Å². The maximum absolute atomic E-state index is 5.68. The Balaban J connectivity index is 1.02. The van der Waals surface area contributed by atoms with Crippen LogP contribution in [-0.4, -0.2) is 15.0 Å². The molecule has 2 aliphatic carbocycles. The predicted molar refractivity (Wildman–Crippen MR) is 319 cm³/mol. The van der Waals surface area contributed by atoms with Crippen molar-refractivity contribution in [3.63, 3.8) is 0 Å². The van der Waals surface area contributed by atoms with Crippen LogP contribution >= 0.6 is 0 Å². The molecular weight excluding hydrogens is 943 g/mol. The van der Waals surface area contributed by atoms with Gasteiger partial charge in [0, 0.05) is 22.9 Å². The van der Waals surface area contributed by atoms with Gasteiger partial charge in [-0.05, 0) is 125 Å². The summed E-state index contributed by atoms with van der Waals surface area (Å²) in [5.41, 5.74) is 25.4. The fraction of sp³-hybridized carbons (Fsp3) is 0.0267. The van der Waals surface area contributed by atoms with E-state index in [1.165, 1.54) is 66.8 Å². The average molecular weight is 992 g/mol. The first kappa shape index (κ1) is 45.3. The Morgan fingerprint density at radius 3 is 1.00 bits per heavy atom. The Hall–Kier alpha value is -10.1. The first-order valence-electron chi connectivity index (χ1n) is 26.8. The van der Waals surface area contributed by atoms with Gasteiger partial charge in [0.25, 0.3) is 0 Å². The van der Waals surface area contributed by atoms with Gasteiger partial charge < -0.3 is 0 Å². The van der Waals surface area contributed by atoms with E-state index in [4.69, 9.17) is 9.97 Å². The molecule has 2 aromatic heterocycles. The number of aromatic nitrogens is 3. The van der Waals surface area contributed by atoms with Crippen molar-refractivity contribution < 1.29 is 0 Å². The van der Waals surface area contributed by atoms with Crippen molar-refractivity contribution in [3.8, 4) is 78.3 Å². The molecular formula is C75H49N3. The van der Waals surface area contributed by atoms with E-state index in [2.05, 4.69) is 278 Å². The van der Waals surface area contributed by atoms with Crippen LogP contribution in [-0.2, 0) is 10.8 Å². The van der Waals surface area contributed by atoms with Crippen LogP contribution in [0.2, 0.25) is 0 Å². The highest BCUT2D eigenvalue weighted by Crippen LogP contribution is 2.59. The summed E-state index contributed by atoms with van der Waals surface area (Å²) in [4.78, 5) is 16.0. The number of fused-ring (bicyclic) bond motifs is 7. The Morgan fingerprint density at radius 2 is 0.577 bits per heavy atom. The van der Waals surface area contributed by atoms with Gasteiger partial charge in [0.15, 0.2) is 0 Å². The van der Waals surface area contributed by atoms with Crippen molar-refractivity contribution in [2.75, 3.05) is 0 Å². The third-order valence-electron chi connectivity index (χ3n) is 16.5. The first-order valence-corrected chi connectivity index (χ1v) is 26.8. The standard InChI is InChI=1S/C75H49N3/c1-6-22-51(23-7-1)72-73(52-39-37-50(38-40-52)69-36-20-21-45-76-69)78-71-49-64(54-42-44-62-60-33-17-19-35-66(60)75(68(62)47-54,57-28-12-4-13-29-57)58-30-14-5-15-31-58)63(48-70(71)77-72)53-41-43-61-59-32-16-18-34-65(59)74(67(61)46-53,55-24-8-2-9-25-55)56-26-10-3-11-27-56/h1-49H. The van der Waals surface area contributed by atoms with Gasteiger partial charge in [-0.1, -0.05) is 255 Å². The number of nitrogens with zero attached hydrogens (tertiary/aromatic N) is 3. The van der Waals surface area contributed by atoms with Crippen molar-refractivity contribution in [2.45, 2.75) is 10.8 Å². The molecule has 0 fully saturated rings. The maximum Gasteiger partial charge on any atom is 0.0973 e. The normalized spacial score (nSPS) is 13.3. The summed E-state index contributed by atoms with van der Waals surface area (Å²) in [6, 6.07) is 106. The van der Waals surface area contributed by atoms with E-state index < -0.39 is 10.8 Å². The predicted octanol–water partition coefficient (Wildman–Crippen LogP) is 18.1. The highest BCUT2D eigenvalue weighted by Gasteiger charge is 2.48. The fourth-order valence-corrected chi connectivity index (χ4v) is 13.1. The van der Waals surface area contributed by atoms with Gasteiger partial charge in [-0.15, -0.1) is 0 Å². The van der Waals surface area contributed by atoms with Crippen molar-refractivity contribution in [1.82, 2.24) is 15.0 Å². The summed E-state index contributed by atoms with van der Waals surface area (Å²) < 4.78 is 0. The molecule has 2 heterocycles. The minimum absolute atomic E-state index is 0.576. The van der Waals surface area contributed by atoms with Crippen LogP contribution in [0, 0.1) is 0 Å². The van der Waals surface area contributed by atoms with Crippen LogP contribution < -0.4 is 0 Å². The molecule has 3 heteroatoms. The van der Waals surface area contributed by atoms with Crippen molar-refractivity contribution in [1.29, 1.82) is 0 Å². The van der Waals surface area contributed by atoms with Crippen molar-refractivity contribution >= 4 is 11.0 Å². The quantitative estimate of drug-likeness (QED) is 0.145. The van der Waals surface area contributed by atoms with Crippen LogP contribution in [0.4, 0.5) is 0 Å². The topological polar surface area (TPSA) is 38.7 Å². The molecule has 0 bridgehead atoms. The number of hydrogen-bond donors (Lipinski definition) is 0. The van der Waals surface area contributed by atoms with Gasteiger partial charge in [0.2, 0.25) is 0 Å². The van der Waals surface area contributed by atoms with Gasteiger partial charge >= 0.3 is 0 Å². The lowest BCUT2D eigenvalue weighted by Crippen LogP contribution is -2.28. The Labute approximate surface area is 454 Å². The molecule has 13 aromatic rings. The van der Waals surface area contributed by atoms with Crippen molar-refractivity contribution in [2.24, 2.45) is 0 Å². The van der Waals surface area contributed by atoms with Gasteiger partial charge in [-0.2, -0.15) is 0 Å². The molecule has 0 atom stereocenters. The second kappa shape index (κ2) is 18.3. The van der Waals surface area contributed by atoms with E-state index in [0.717, 1.165) is 67.1 Å². The molecule has 2 aliphatic rings. The lowest BCUT2D eigenvalue weighted by atomic mass is 9.67. The highest BCUT2D eigenvalue weighted by atomic mass is 14.8. The molecule has 11 aromatic carbocycles. The van der Waals surface area contributed by atoms with E-state index in [-0.39, 0.29) is 0 Å².